The zero-order valence-electron chi connectivity index (χ0n) is 11.6. The number of nitrogens with zero attached hydrogens (tertiary/aromatic N) is 1. The maximum absolute atomic E-state index is 11.6. The average molecular weight is 285 g/mol. The van der Waals surface area contributed by atoms with Gasteiger partial charge in [-0.1, -0.05) is 0 Å². The van der Waals surface area contributed by atoms with E-state index in [-0.39, 0.29) is 11.6 Å². The second kappa shape index (κ2) is 6.51. The largest absolute Gasteiger partial charge is 0.461 e. The molecule has 0 fully saturated rings. The number of aromatic nitrogens is 1. The van der Waals surface area contributed by atoms with Gasteiger partial charge >= 0.3 is 5.97 Å². The van der Waals surface area contributed by atoms with Crippen molar-refractivity contribution in [3.8, 4) is 0 Å². The first-order valence-electron chi connectivity index (χ1n) is 5.99. The Morgan fingerprint density at radius 2 is 2.16 bits per heavy atom. The lowest BCUT2D eigenvalue weighted by Gasteiger charge is -2.22. The van der Waals surface area contributed by atoms with Gasteiger partial charge in [0.25, 0.3) is 0 Å². The molecule has 1 amide bonds. The van der Waals surface area contributed by atoms with E-state index in [1.165, 1.54) is 11.3 Å². The Bertz CT molecular complexity index is 457. The first-order valence-corrected chi connectivity index (χ1v) is 6.87. The summed E-state index contributed by atoms with van der Waals surface area (Å²) in [5.74, 6) is -0.487. The van der Waals surface area contributed by atoms with Crippen LogP contribution in [0.3, 0.4) is 0 Å². The lowest BCUT2D eigenvalue weighted by atomic mass is 9.92. The zero-order chi connectivity index (χ0) is 14.5. The van der Waals surface area contributed by atoms with Crippen molar-refractivity contribution in [3.63, 3.8) is 0 Å². The third-order valence-electron chi connectivity index (χ3n) is 2.51. The number of carbonyl (C=O) groups is 2. The topological polar surface area (TPSA) is 80.3 Å². The number of hydrogen-bond acceptors (Lipinski definition) is 6. The van der Waals surface area contributed by atoms with Crippen molar-refractivity contribution < 1.29 is 14.3 Å². The van der Waals surface area contributed by atoms with Crippen LogP contribution in [0.5, 0.6) is 0 Å². The molecule has 7 heteroatoms. The van der Waals surface area contributed by atoms with Crippen LogP contribution < -0.4 is 10.6 Å². The maximum atomic E-state index is 11.6. The van der Waals surface area contributed by atoms with Crippen molar-refractivity contribution in [2.24, 2.45) is 5.41 Å². The van der Waals surface area contributed by atoms with E-state index < -0.39 is 11.4 Å². The van der Waals surface area contributed by atoms with E-state index in [9.17, 15) is 9.59 Å². The molecule has 1 aromatic heterocycles. The molecule has 106 valence electrons. The van der Waals surface area contributed by atoms with Gasteiger partial charge in [0, 0.05) is 19.0 Å². The molecule has 6 nitrogen and oxygen atoms in total. The smallest absolute Gasteiger partial charge is 0.357 e. The van der Waals surface area contributed by atoms with Gasteiger partial charge in [-0.05, 0) is 20.8 Å². The Morgan fingerprint density at radius 1 is 1.47 bits per heavy atom. The van der Waals surface area contributed by atoms with E-state index in [4.69, 9.17) is 4.74 Å². The Kier molecular flexibility index (Phi) is 5.29. The molecule has 0 bridgehead atoms. The lowest BCUT2D eigenvalue weighted by molar-refractivity contribution is -0.128. The molecule has 0 aliphatic carbocycles. The summed E-state index contributed by atoms with van der Waals surface area (Å²) < 4.78 is 4.86. The van der Waals surface area contributed by atoms with Crippen molar-refractivity contribution in [2.75, 3.05) is 25.5 Å². The summed E-state index contributed by atoms with van der Waals surface area (Å²) in [6.45, 7) is 6.16. The minimum Gasteiger partial charge on any atom is -0.461 e. The number of thiazole rings is 1. The number of anilines is 1. The Hall–Kier alpha value is -1.63. The van der Waals surface area contributed by atoms with Gasteiger partial charge < -0.3 is 15.4 Å². The van der Waals surface area contributed by atoms with Crippen molar-refractivity contribution in [2.45, 2.75) is 20.8 Å². The first-order chi connectivity index (χ1) is 8.90. The number of hydrogen-bond donors (Lipinski definition) is 2. The fourth-order valence-corrected chi connectivity index (χ4v) is 2.05. The fourth-order valence-electron chi connectivity index (χ4n) is 1.37. The standard InChI is InChI=1S/C12H19N3O3S/c1-5-18-9(16)8-6-19-11(15-8)14-7-12(2,3)10(17)13-4/h6H,5,7H2,1-4H3,(H,13,17)(H,14,15). The average Bonchev–Trinajstić information content (AvgIpc) is 2.84. The van der Waals surface area contributed by atoms with E-state index >= 15 is 0 Å². The second-order valence-electron chi connectivity index (χ2n) is 4.57. The Morgan fingerprint density at radius 3 is 2.74 bits per heavy atom. The van der Waals surface area contributed by atoms with Crippen molar-refractivity contribution in [1.29, 1.82) is 0 Å². The second-order valence-corrected chi connectivity index (χ2v) is 5.43. The first kappa shape index (κ1) is 15.4. The van der Waals surface area contributed by atoms with Crippen molar-refractivity contribution in [3.05, 3.63) is 11.1 Å². The normalized spacial score (nSPS) is 10.9. The van der Waals surface area contributed by atoms with E-state index in [2.05, 4.69) is 15.6 Å². The summed E-state index contributed by atoms with van der Waals surface area (Å²) in [6, 6.07) is 0. The highest BCUT2D eigenvalue weighted by Crippen LogP contribution is 2.20. The minimum absolute atomic E-state index is 0.0535. The molecule has 0 unspecified atom stereocenters. The molecule has 1 aromatic rings. The number of esters is 1. The molecule has 0 aliphatic heterocycles. The van der Waals surface area contributed by atoms with Gasteiger partial charge in [-0.25, -0.2) is 9.78 Å². The summed E-state index contributed by atoms with van der Waals surface area (Å²) in [7, 11) is 1.60. The number of carbonyl (C=O) groups excluding carboxylic acids is 2. The highest BCUT2D eigenvalue weighted by Gasteiger charge is 2.26. The predicted octanol–water partition coefficient (Wildman–Crippen LogP) is 1.50. The quantitative estimate of drug-likeness (QED) is 0.774. The highest BCUT2D eigenvalue weighted by atomic mass is 32.1. The molecule has 0 radical (unpaired) electrons. The van der Waals surface area contributed by atoms with Gasteiger partial charge in [0.15, 0.2) is 10.8 Å². The molecule has 0 atom stereocenters. The highest BCUT2D eigenvalue weighted by molar-refractivity contribution is 7.13. The molecule has 0 saturated carbocycles. The predicted molar refractivity (Wildman–Crippen MR) is 74.4 cm³/mol. The number of amides is 1. The van der Waals surface area contributed by atoms with Crippen molar-refractivity contribution >= 4 is 28.3 Å². The number of ether oxygens (including phenoxy) is 1. The summed E-state index contributed by atoms with van der Waals surface area (Å²) in [5.41, 5.74) is -0.267. The molecule has 0 saturated heterocycles. The van der Waals surface area contributed by atoms with Crippen molar-refractivity contribution in [1.82, 2.24) is 10.3 Å². The van der Waals surface area contributed by atoms with Crippen LogP contribution in [-0.2, 0) is 9.53 Å². The van der Waals surface area contributed by atoms with Gasteiger partial charge in [0.1, 0.15) is 0 Å². The Labute approximate surface area is 116 Å². The molecule has 19 heavy (non-hydrogen) atoms. The third kappa shape index (κ3) is 4.20. The van der Waals surface area contributed by atoms with Crippen LogP contribution in [-0.4, -0.2) is 37.1 Å². The van der Waals surface area contributed by atoms with Gasteiger partial charge in [-0.3, -0.25) is 4.79 Å². The molecule has 1 heterocycles. The molecule has 0 spiro atoms. The van der Waals surface area contributed by atoms with Gasteiger partial charge in [-0.15, -0.1) is 11.3 Å². The molecule has 0 aliphatic rings. The van der Waals surface area contributed by atoms with Gasteiger partial charge in [-0.2, -0.15) is 0 Å². The molecular weight excluding hydrogens is 266 g/mol. The summed E-state index contributed by atoms with van der Waals surface area (Å²) in [4.78, 5) is 27.2. The van der Waals surface area contributed by atoms with E-state index in [0.29, 0.717) is 18.3 Å². The van der Waals surface area contributed by atoms with Crippen LogP contribution >= 0.6 is 11.3 Å². The van der Waals surface area contributed by atoms with Gasteiger partial charge in [0.05, 0.1) is 12.0 Å². The van der Waals surface area contributed by atoms with Gasteiger partial charge in [0.2, 0.25) is 5.91 Å². The monoisotopic (exact) mass is 285 g/mol. The number of nitrogens with one attached hydrogen (secondary N) is 2. The molecular formula is C12H19N3O3S. The fraction of sp³-hybridized carbons (Fsp3) is 0.583. The number of rotatable bonds is 6. The molecule has 0 aromatic carbocycles. The van der Waals surface area contributed by atoms with E-state index in [1.807, 2.05) is 13.8 Å². The zero-order valence-corrected chi connectivity index (χ0v) is 12.4. The molecule has 1 rings (SSSR count). The summed E-state index contributed by atoms with van der Waals surface area (Å²) in [6.07, 6.45) is 0. The lowest BCUT2D eigenvalue weighted by Crippen LogP contribution is -2.39. The van der Waals surface area contributed by atoms with Crippen LogP contribution in [0.1, 0.15) is 31.3 Å². The third-order valence-corrected chi connectivity index (χ3v) is 3.31. The summed E-state index contributed by atoms with van der Waals surface area (Å²) >= 11 is 1.31. The summed E-state index contributed by atoms with van der Waals surface area (Å²) in [5, 5.41) is 7.90. The SMILES string of the molecule is CCOC(=O)c1csc(NCC(C)(C)C(=O)NC)n1. The minimum atomic E-state index is -0.551. The Balaban J connectivity index is 2.60. The van der Waals surface area contributed by atoms with E-state index in [1.54, 1.807) is 19.4 Å². The van der Waals surface area contributed by atoms with Crippen LogP contribution in [0.15, 0.2) is 5.38 Å². The van der Waals surface area contributed by atoms with E-state index in [0.717, 1.165) is 0 Å². The van der Waals surface area contributed by atoms with Crippen LogP contribution in [0.2, 0.25) is 0 Å². The maximum Gasteiger partial charge on any atom is 0.357 e. The van der Waals surface area contributed by atoms with Crippen LogP contribution in [0.25, 0.3) is 0 Å². The van der Waals surface area contributed by atoms with Crippen LogP contribution in [0, 0.1) is 5.41 Å². The molecule has 2 N–H and O–H groups in total. The van der Waals surface area contributed by atoms with Crippen LogP contribution in [0.4, 0.5) is 5.13 Å².